The number of aryl methyl sites for hydroxylation is 1. The van der Waals surface area contributed by atoms with Crippen LogP contribution in [-0.4, -0.2) is 56.9 Å². The number of anilines is 2. The van der Waals surface area contributed by atoms with Crippen molar-refractivity contribution in [3.05, 3.63) is 95.6 Å². The van der Waals surface area contributed by atoms with Crippen molar-refractivity contribution in [2.45, 2.75) is 26.6 Å². The third-order valence-corrected chi connectivity index (χ3v) is 6.99. The van der Waals surface area contributed by atoms with Crippen LogP contribution >= 0.6 is 0 Å². The lowest BCUT2D eigenvalue weighted by Gasteiger charge is -2.27. The molecule has 3 aromatic heterocycles. The van der Waals surface area contributed by atoms with Gasteiger partial charge in [0.1, 0.15) is 5.82 Å². The number of pyridine rings is 1. The normalized spacial score (nSPS) is 13.4. The quantitative estimate of drug-likeness (QED) is 0.298. The molecule has 0 aliphatic carbocycles. The Kier molecular flexibility index (Phi) is 7.50. The number of fused-ring (bicyclic) bond motifs is 1. The summed E-state index contributed by atoms with van der Waals surface area (Å²) in [6.07, 6.45) is 6.78. The number of nitrogen functional groups attached to an aromatic ring is 1. The second kappa shape index (κ2) is 11.7. The average molecular weight is 553 g/mol. The zero-order valence-electron chi connectivity index (χ0n) is 22.9. The Balaban J connectivity index is 1.13. The summed E-state index contributed by atoms with van der Waals surface area (Å²) in [4.78, 5) is 19.0. The number of hydrogen-bond donors (Lipinski definition) is 2. The molecule has 0 saturated carbocycles. The molecule has 4 heterocycles. The number of carbonyl (C=O) groups excluding carboxylic acids is 1. The van der Waals surface area contributed by atoms with E-state index in [9.17, 15) is 4.79 Å². The maximum Gasteiger partial charge on any atom is 0.413 e. The minimum atomic E-state index is -0.549. The van der Waals surface area contributed by atoms with E-state index in [0.29, 0.717) is 63.3 Å². The number of morpholine rings is 1. The largest absolute Gasteiger partial charge is 0.413 e. The average Bonchev–Trinajstić information content (AvgIpc) is 3.58. The lowest BCUT2D eigenvalue weighted by molar-refractivity contribution is 0.122. The number of rotatable bonds is 8. The molecule has 41 heavy (non-hydrogen) atoms. The zero-order chi connectivity index (χ0) is 28.2. The van der Waals surface area contributed by atoms with Crippen LogP contribution in [-0.2, 0) is 24.4 Å². The van der Waals surface area contributed by atoms with Gasteiger partial charge in [-0.1, -0.05) is 36.4 Å². The number of amides is 1. The van der Waals surface area contributed by atoms with Crippen molar-refractivity contribution in [3.63, 3.8) is 0 Å². The molecule has 3 N–H and O–H groups in total. The second-order valence-corrected chi connectivity index (χ2v) is 10.1. The van der Waals surface area contributed by atoms with Crippen molar-refractivity contribution >= 4 is 28.5 Å². The van der Waals surface area contributed by atoms with E-state index < -0.39 is 6.09 Å². The molecule has 1 amide bonds. The Bertz CT molecular complexity index is 1650. The number of nitrogens with one attached hydrogen (secondary N) is 1. The summed E-state index contributed by atoms with van der Waals surface area (Å²) in [5, 5.41) is 13.8. The maximum absolute atomic E-state index is 12.8. The van der Waals surface area contributed by atoms with Gasteiger partial charge in [-0.2, -0.15) is 10.2 Å². The number of nitrogens with zero attached hydrogens (tertiary/aromatic N) is 6. The van der Waals surface area contributed by atoms with Crippen LogP contribution < -0.4 is 20.7 Å². The highest BCUT2D eigenvalue weighted by atomic mass is 16.6. The molecule has 1 aliphatic rings. The van der Waals surface area contributed by atoms with Crippen LogP contribution in [0.25, 0.3) is 10.8 Å². The number of benzene rings is 2. The number of hydrogen-bond acceptors (Lipinski definition) is 8. The SMILES string of the molecule is Cc1cnn(Cc2ccc(Cn3cc(OC(=O)NCc4ccc5c(N)nccc5c4)c(N4CCOCC4)n3)cc2)c1. The first-order valence-corrected chi connectivity index (χ1v) is 13.6. The van der Waals surface area contributed by atoms with E-state index in [2.05, 4.69) is 44.6 Å². The molecule has 0 unspecified atom stereocenters. The second-order valence-electron chi connectivity index (χ2n) is 10.1. The molecule has 1 saturated heterocycles. The molecule has 0 radical (unpaired) electrons. The molecule has 2 aromatic carbocycles. The van der Waals surface area contributed by atoms with Crippen molar-refractivity contribution in [1.29, 1.82) is 0 Å². The van der Waals surface area contributed by atoms with E-state index in [1.165, 1.54) is 5.56 Å². The van der Waals surface area contributed by atoms with Gasteiger partial charge in [-0.3, -0.25) is 9.36 Å². The molecule has 11 heteroatoms. The van der Waals surface area contributed by atoms with Gasteiger partial charge in [-0.05, 0) is 46.7 Å². The third kappa shape index (κ3) is 6.30. The van der Waals surface area contributed by atoms with Crippen molar-refractivity contribution in [1.82, 2.24) is 29.9 Å². The summed E-state index contributed by atoms with van der Waals surface area (Å²) < 4.78 is 15.0. The van der Waals surface area contributed by atoms with E-state index in [4.69, 9.17) is 20.3 Å². The molecular weight excluding hydrogens is 520 g/mol. The molecular formula is C30H32N8O3. The van der Waals surface area contributed by atoms with Crippen LogP contribution in [0.2, 0.25) is 0 Å². The number of aromatic nitrogens is 5. The minimum absolute atomic E-state index is 0.308. The fraction of sp³-hybridized carbons (Fsp3) is 0.267. The Labute approximate surface area is 237 Å². The van der Waals surface area contributed by atoms with E-state index >= 15 is 0 Å². The van der Waals surface area contributed by atoms with Crippen LogP contribution in [0, 0.1) is 6.92 Å². The molecule has 210 valence electrons. The molecule has 11 nitrogen and oxygen atoms in total. The van der Waals surface area contributed by atoms with Crippen LogP contribution in [0.4, 0.5) is 16.4 Å². The van der Waals surface area contributed by atoms with Gasteiger partial charge in [0.15, 0.2) is 11.6 Å². The van der Waals surface area contributed by atoms with Crippen LogP contribution in [0.15, 0.2) is 73.3 Å². The zero-order valence-corrected chi connectivity index (χ0v) is 22.9. The van der Waals surface area contributed by atoms with E-state index in [1.807, 2.05) is 48.3 Å². The highest BCUT2D eigenvalue weighted by molar-refractivity contribution is 5.91. The van der Waals surface area contributed by atoms with Gasteiger partial charge in [-0.25, -0.2) is 9.78 Å². The number of ether oxygens (including phenoxy) is 2. The summed E-state index contributed by atoms with van der Waals surface area (Å²) in [5.41, 5.74) is 10.3. The number of carbonyl (C=O) groups is 1. The molecule has 0 spiro atoms. The van der Waals surface area contributed by atoms with Crippen molar-refractivity contribution in [2.75, 3.05) is 36.9 Å². The Morgan fingerprint density at radius 2 is 1.73 bits per heavy atom. The highest BCUT2D eigenvalue weighted by Gasteiger charge is 2.22. The topological polar surface area (TPSA) is 125 Å². The Hall–Kier alpha value is -4.90. The predicted molar refractivity (Wildman–Crippen MR) is 156 cm³/mol. The first-order chi connectivity index (χ1) is 20.0. The first kappa shape index (κ1) is 26.3. The van der Waals surface area contributed by atoms with Gasteiger partial charge in [0.05, 0.1) is 38.7 Å². The Morgan fingerprint density at radius 1 is 1.00 bits per heavy atom. The lowest BCUT2D eigenvalue weighted by Crippen LogP contribution is -2.37. The van der Waals surface area contributed by atoms with Crippen LogP contribution in [0.5, 0.6) is 5.75 Å². The molecule has 1 aliphatic heterocycles. The minimum Gasteiger partial charge on any atom is -0.405 e. The molecule has 1 fully saturated rings. The fourth-order valence-corrected chi connectivity index (χ4v) is 4.89. The van der Waals surface area contributed by atoms with Crippen molar-refractivity contribution in [3.8, 4) is 5.75 Å². The van der Waals surface area contributed by atoms with Gasteiger partial charge in [0, 0.05) is 37.4 Å². The van der Waals surface area contributed by atoms with Crippen LogP contribution in [0.3, 0.4) is 0 Å². The standard InChI is InChI=1S/C30H32N8O3/c1-21-15-34-37(17-21)18-22-2-4-23(5-3-22)19-38-20-27(29(35-38)36-10-12-40-13-11-36)41-30(39)33-16-24-6-7-26-25(14-24)8-9-32-28(26)31/h2-9,14-15,17,20H,10-13,16,18-19H2,1H3,(H2,31,32)(H,33,39). The van der Waals surface area contributed by atoms with Crippen molar-refractivity contribution < 1.29 is 14.3 Å². The van der Waals surface area contributed by atoms with Gasteiger partial charge in [0.25, 0.3) is 0 Å². The molecule has 0 bridgehead atoms. The first-order valence-electron chi connectivity index (χ1n) is 13.6. The Morgan fingerprint density at radius 3 is 2.46 bits per heavy atom. The fourth-order valence-electron chi connectivity index (χ4n) is 4.89. The van der Waals surface area contributed by atoms with Gasteiger partial charge in [-0.15, -0.1) is 0 Å². The van der Waals surface area contributed by atoms with E-state index in [-0.39, 0.29) is 0 Å². The summed E-state index contributed by atoms with van der Waals surface area (Å²) in [6.45, 7) is 6.13. The predicted octanol–water partition coefficient (Wildman–Crippen LogP) is 3.74. The molecule has 0 atom stereocenters. The van der Waals surface area contributed by atoms with Gasteiger partial charge in [0.2, 0.25) is 0 Å². The lowest BCUT2D eigenvalue weighted by atomic mass is 10.1. The number of nitrogens with two attached hydrogens (primary N) is 1. The maximum atomic E-state index is 12.8. The van der Waals surface area contributed by atoms with E-state index in [1.54, 1.807) is 17.1 Å². The van der Waals surface area contributed by atoms with Crippen LogP contribution in [0.1, 0.15) is 22.3 Å². The summed E-state index contributed by atoms with van der Waals surface area (Å²) in [5.74, 6) is 1.52. The van der Waals surface area contributed by atoms with Crippen molar-refractivity contribution in [2.24, 2.45) is 0 Å². The summed E-state index contributed by atoms with van der Waals surface area (Å²) in [7, 11) is 0. The molecule has 5 aromatic rings. The van der Waals surface area contributed by atoms with E-state index in [0.717, 1.165) is 27.5 Å². The smallest absolute Gasteiger partial charge is 0.405 e. The monoisotopic (exact) mass is 552 g/mol. The summed E-state index contributed by atoms with van der Waals surface area (Å²) in [6, 6.07) is 16.1. The third-order valence-electron chi connectivity index (χ3n) is 6.99. The molecule has 6 rings (SSSR count). The van der Waals surface area contributed by atoms with Gasteiger partial charge >= 0.3 is 6.09 Å². The summed E-state index contributed by atoms with van der Waals surface area (Å²) >= 11 is 0. The van der Waals surface area contributed by atoms with Gasteiger partial charge < -0.3 is 25.4 Å². The highest BCUT2D eigenvalue weighted by Crippen LogP contribution is 2.28.